The molecule has 0 aromatic carbocycles. The van der Waals surface area contributed by atoms with Gasteiger partial charge in [-0.15, -0.1) is 0 Å². The van der Waals surface area contributed by atoms with Crippen LogP contribution in [0.3, 0.4) is 0 Å². The largest absolute Gasteiger partial charge is 0.393 e. The van der Waals surface area contributed by atoms with E-state index in [0.717, 1.165) is 19.3 Å². The molecule has 5 fully saturated rings. The van der Waals surface area contributed by atoms with Crippen LogP contribution in [0.25, 0.3) is 0 Å². The van der Waals surface area contributed by atoms with E-state index >= 15 is 0 Å². The molecule has 0 amide bonds. The molecule has 3 bridgehead atoms. The quantitative estimate of drug-likeness (QED) is 0.192. The van der Waals surface area contributed by atoms with Crippen molar-refractivity contribution in [1.82, 2.24) is 0 Å². The van der Waals surface area contributed by atoms with Crippen molar-refractivity contribution in [2.24, 2.45) is 23.7 Å². The predicted molar refractivity (Wildman–Crippen MR) is 156 cm³/mol. The molecular formula is C34H54O8. The Hall–Kier alpha value is -0.870. The molecule has 3 heterocycles. The van der Waals surface area contributed by atoms with Crippen LogP contribution in [0.4, 0.5) is 0 Å². The maximum absolute atomic E-state index is 13.6. The Morgan fingerprint density at radius 3 is 2.17 bits per heavy atom. The number of fused-ring (bicyclic) bond motifs is 3. The number of aliphatic hydroxyl groups is 3. The van der Waals surface area contributed by atoms with Crippen molar-refractivity contribution in [3.8, 4) is 0 Å². The highest BCUT2D eigenvalue weighted by molar-refractivity contribution is 6.05. The van der Waals surface area contributed by atoms with E-state index in [4.69, 9.17) is 18.9 Å². The van der Waals surface area contributed by atoms with E-state index in [1.54, 1.807) is 13.0 Å². The van der Waals surface area contributed by atoms with Gasteiger partial charge < -0.3 is 34.3 Å². The number of hydrogen-bond donors (Lipinski definition) is 3. The molecule has 8 heteroatoms. The molecule has 6 rings (SSSR count). The van der Waals surface area contributed by atoms with Gasteiger partial charge in [-0.25, -0.2) is 0 Å². The van der Waals surface area contributed by atoms with E-state index in [0.29, 0.717) is 18.4 Å². The molecule has 2 saturated carbocycles. The molecule has 11 atom stereocenters. The van der Waals surface area contributed by atoms with Crippen LogP contribution in [0.1, 0.15) is 118 Å². The number of unbranched alkanes of at least 4 members (excludes halogenated alkanes) is 10. The molecule has 8 nitrogen and oxygen atoms in total. The molecule has 0 radical (unpaired) electrons. The second-order valence-corrected chi connectivity index (χ2v) is 14.8. The first-order valence-corrected chi connectivity index (χ1v) is 17.0. The van der Waals surface area contributed by atoms with Crippen molar-refractivity contribution >= 4 is 5.78 Å². The Bertz CT molecular complexity index is 1080. The standard InChI is InChI=1S/C34H54O8/c1-6-7-8-9-10-11-12-13-14-15-16-17-32-40-27-25-28-31(20-35,39-28)29(37)33(38)24(18-22(4)26(33)36)34(25,42-32)23(5)19-30(27,41-32)21(2)3/h18,21,23-25,27-29,35,37-38H,6-17,19-20H2,1-5H3/t23-,24-,25-,27-,28+,29-,30-,31+,32-,33-,34+/m1/s1. The maximum Gasteiger partial charge on any atom is 0.284 e. The van der Waals surface area contributed by atoms with Gasteiger partial charge in [0.15, 0.2) is 11.4 Å². The highest BCUT2D eigenvalue weighted by atomic mass is 16.9. The number of Topliss-reactive ketones (excluding diaryl/α,β-unsaturated/α-hetero) is 1. The Labute approximate surface area is 251 Å². The number of ether oxygens (including phenoxy) is 4. The van der Waals surface area contributed by atoms with Crippen LogP contribution in [0.2, 0.25) is 0 Å². The first-order valence-electron chi connectivity index (χ1n) is 17.0. The summed E-state index contributed by atoms with van der Waals surface area (Å²) < 4.78 is 27.1. The second-order valence-electron chi connectivity index (χ2n) is 14.8. The van der Waals surface area contributed by atoms with Crippen LogP contribution in [-0.4, -0.2) is 74.4 Å². The molecular weight excluding hydrogens is 536 g/mol. The molecule has 0 spiro atoms. The summed E-state index contributed by atoms with van der Waals surface area (Å²) in [6.45, 7) is 9.84. The zero-order valence-corrected chi connectivity index (χ0v) is 26.4. The Kier molecular flexibility index (Phi) is 8.07. The van der Waals surface area contributed by atoms with Gasteiger partial charge in [-0.3, -0.25) is 4.79 Å². The van der Waals surface area contributed by atoms with Gasteiger partial charge in [-0.2, -0.15) is 0 Å². The fraction of sp³-hybridized carbons (Fsp3) is 0.912. The fourth-order valence-electron chi connectivity index (χ4n) is 9.77. The van der Waals surface area contributed by atoms with E-state index in [1.165, 1.54) is 51.4 Å². The van der Waals surface area contributed by atoms with E-state index in [2.05, 4.69) is 27.7 Å². The smallest absolute Gasteiger partial charge is 0.284 e. The minimum absolute atomic E-state index is 0.112. The average Bonchev–Trinajstić information content (AvgIpc) is 3.60. The van der Waals surface area contributed by atoms with Crippen LogP contribution in [0.5, 0.6) is 0 Å². The molecule has 0 unspecified atom stereocenters. The summed E-state index contributed by atoms with van der Waals surface area (Å²) in [6.07, 6.45) is 14.0. The van der Waals surface area contributed by atoms with Gasteiger partial charge >= 0.3 is 0 Å². The molecule has 6 aliphatic rings. The SMILES string of the molecule is CCCCCCCCCCCCC[C@]12O[C@@H]3[C@@H]4[C@@H]5O[C@]5(CO)[C@@H](O)[C@]5(O)C(=O)C(C)=C[C@H]5[C@@]4(O1)[C@H](C)C[C@]3(C(C)C)O2. The van der Waals surface area contributed by atoms with Crippen molar-refractivity contribution in [2.75, 3.05) is 6.61 Å². The lowest BCUT2D eigenvalue weighted by Crippen LogP contribution is -2.73. The van der Waals surface area contributed by atoms with E-state index in [-0.39, 0.29) is 11.8 Å². The number of carbonyl (C=O) groups is 1. The van der Waals surface area contributed by atoms with Crippen molar-refractivity contribution in [3.63, 3.8) is 0 Å². The van der Waals surface area contributed by atoms with Gasteiger partial charge in [-0.05, 0) is 37.2 Å². The molecule has 3 N–H and O–H groups in total. The zero-order chi connectivity index (χ0) is 30.1. The van der Waals surface area contributed by atoms with Crippen LogP contribution in [0.15, 0.2) is 11.6 Å². The van der Waals surface area contributed by atoms with E-state index in [9.17, 15) is 20.1 Å². The number of carbonyl (C=O) groups excluding carboxylic acids is 1. The van der Waals surface area contributed by atoms with Crippen molar-refractivity contribution in [1.29, 1.82) is 0 Å². The Morgan fingerprint density at radius 2 is 1.57 bits per heavy atom. The molecule has 3 aliphatic carbocycles. The highest BCUT2D eigenvalue weighted by Crippen LogP contribution is 2.73. The molecule has 3 aliphatic heterocycles. The topological polar surface area (TPSA) is 118 Å². The summed E-state index contributed by atoms with van der Waals surface area (Å²) in [4.78, 5) is 13.6. The highest BCUT2D eigenvalue weighted by Gasteiger charge is 2.88. The minimum Gasteiger partial charge on any atom is -0.393 e. The minimum atomic E-state index is -2.16. The van der Waals surface area contributed by atoms with Crippen molar-refractivity contribution < 1.29 is 39.1 Å². The molecule has 42 heavy (non-hydrogen) atoms. The first-order chi connectivity index (χ1) is 20.0. The second kappa shape index (κ2) is 10.9. The third-order valence-electron chi connectivity index (χ3n) is 12.1. The van der Waals surface area contributed by atoms with Gasteiger partial charge in [0.1, 0.15) is 29.5 Å². The lowest BCUT2D eigenvalue weighted by atomic mass is 9.53. The molecule has 0 aromatic rings. The number of aliphatic hydroxyl groups excluding tert-OH is 2. The number of hydrogen-bond acceptors (Lipinski definition) is 8. The number of rotatable bonds is 14. The molecule has 238 valence electrons. The third-order valence-corrected chi connectivity index (χ3v) is 12.1. The number of epoxide rings is 1. The van der Waals surface area contributed by atoms with Crippen molar-refractivity contribution in [3.05, 3.63) is 11.6 Å². The summed E-state index contributed by atoms with van der Waals surface area (Å²) in [5.41, 5.74) is -4.89. The third kappa shape index (κ3) is 4.15. The Balaban J connectivity index is 1.24. The fourth-order valence-corrected chi connectivity index (χ4v) is 9.77. The van der Waals surface area contributed by atoms with Crippen LogP contribution in [0, 0.1) is 23.7 Å². The van der Waals surface area contributed by atoms with Gasteiger partial charge in [0.2, 0.25) is 0 Å². The van der Waals surface area contributed by atoms with Crippen LogP contribution in [-0.2, 0) is 23.7 Å². The van der Waals surface area contributed by atoms with Crippen molar-refractivity contribution in [2.45, 2.75) is 165 Å². The van der Waals surface area contributed by atoms with Gasteiger partial charge in [0, 0.05) is 18.3 Å². The van der Waals surface area contributed by atoms with Gasteiger partial charge in [0.05, 0.1) is 12.2 Å². The Morgan fingerprint density at radius 1 is 0.952 bits per heavy atom. The summed E-state index contributed by atoms with van der Waals surface area (Å²) in [6, 6.07) is 0. The zero-order valence-electron chi connectivity index (χ0n) is 26.4. The molecule has 3 saturated heterocycles. The normalized spacial score (nSPS) is 48.2. The lowest BCUT2D eigenvalue weighted by Gasteiger charge is -2.60. The summed E-state index contributed by atoms with van der Waals surface area (Å²) >= 11 is 0. The van der Waals surface area contributed by atoms with E-state index < -0.39 is 70.9 Å². The van der Waals surface area contributed by atoms with E-state index in [1.807, 2.05) is 0 Å². The number of ketones is 1. The lowest BCUT2D eigenvalue weighted by molar-refractivity contribution is -0.431. The first kappa shape index (κ1) is 31.1. The predicted octanol–water partition coefficient (Wildman–Crippen LogP) is 4.96. The summed E-state index contributed by atoms with van der Waals surface area (Å²) in [5, 5.41) is 34.3. The average molecular weight is 591 g/mol. The van der Waals surface area contributed by atoms with Crippen LogP contribution >= 0.6 is 0 Å². The molecule has 0 aromatic heterocycles. The van der Waals surface area contributed by atoms with Gasteiger partial charge in [-0.1, -0.05) is 98.0 Å². The summed E-state index contributed by atoms with van der Waals surface area (Å²) in [7, 11) is 0. The van der Waals surface area contributed by atoms with Crippen LogP contribution < -0.4 is 0 Å². The monoisotopic (exact) mass is 590 g/mol. The summed E-state index contributed by atoms with van der Waals surface area (Å²) in [5.74, 6) is -3.04. The van der Waals surface area contributed by atoms with Gasteiger partial charge in [0.25, 0.3) is 5.97 Å². The maximum atomic E-state index is 13.6.